The van der Waals surface area contributed by atoms with Crippen LogP contribution in [0.15, 0.2) is 35.7 Å². The molecular formula is C13H14N2O2S. The zero-order valence-corrected chi connectivity index (χ0v) is 11.0. The summed E-state index contributed by atoms with van der Waals surface area (Å²) in [6.07, 6.45) is 0. The van der Waals surface area contributed by atoms with Gasteiger partial charge in [-0.3, -0.25) is 5.32 Å². The van der Waals surface area contributed by atoms with E-state index in [9.17, 15) is 4.79 Å². The van der Waals surface area contributed by atoms with E-state index in [2.05, 4.69) is 10.6 Å². The second kappa shape index (κ2) is 5.55. The van der Waals surface area contributed by atoms with E-state index in [4.69, 9.17) is 4.74 Å². The van der Waals surface area contributed by atoms with Crippen LogP contribution in [0, 0.1) is 6.92 Å². The first-order chi connectivity index (χ1) is 8.69. The van der Waals surface area contributed by atoms with Crippen molar-refractivity contribution in [1.29, 1.82) is 0 Å². The molecular weight excluding hydrogens is 248 g/mol. The van der Waals surface area contributed by atoms with Crippen LogP contribution < -0.4 is 15.4 Å². The quantitative estimate of drug-likeness (QED) is 0.886. The Hall–Kier alpha value is -2.01. The Morgan fingerprint density at radius 3 is 2.78 bits per heavy atom. The smallest absolute Gasteiger partial charge is 0.324 e. The predicted molar refractivity (Wildman–Crippen MR) is 74.7 cm³/mol. The fraction of sp³-hybridized carbons (Fsp3) is 0.154. The Bertz CT molecular complexity index is 538. The normalized spacial score (nSPS) is 9.89. The molecule has 2 rings (SSSR count). The molecule has 1 aromatic heterocycles. The van der Waals surface area contributed by atoms with Gasteiger partial charge in [0, 0.05) is 0 Å². The molecule has 18 heavy (non-hydrogen) atoms. The largest absolute Gasteiger partial charge is 0.495 e. The predicted octanol–water partition coefficient (Wildman–Crippen LogP) is 3.71. The second-order valence-electron chi connectivity index (χ2n) is 3.76. The van der Waals surface area contributed by atoms with E-state index >= 15 is 0 Å². The van der Waals surface area contributed by atoms with Crippen LogP contribution >= 0.6 is 11.3 Å². The number of aryl methyl sites for hydroxylation is 1. The third-order valence-corrected chi connectivity index (χ3v) is 3.15. The van der Waals surface area contributed by atoms with E-state index in [1.165, 1.54) is 11.3 Å². The van der Waals surface area contributed by atoms with E-state index in [1.807, 2.05) is 42.6 Å². The van der Waals surface area contributed by atoms with Crippen molar-refractivity contribution in [2.75, 3.05) is 17.7 Å². The first kappa shape index (κ1) is 12.4. The average molecular weight is 262 g/mol. The highest BCUT2D eigenvalue weighted by atomic mass is 32.1. The van der Waals surface area contributed by atoms with Crippen molar-refractivity contribution in [3.63, 3.8) is 0 Å². The Morgan fingerprint density at radius 2 is 2.11 bits per heavy atom. The van der Waals surface area contributed by atoms with Crippen molar-refractivity contribution < 1.29 is 9.53 Å². The standard InChI is InChI=1S/C13H14N2O2S/c1-9-5-6-11(17-2)10(8-9)14-13(16)15-12-4-3-7-18-12/h3-8H,1-2H3,(H2,14,15,16). The van der Waals surface area contributed by atoms with Crippen LogP contribution in [-0.2, 0) is 0 Å². The lowest BCUT2D eigenvalue weighted by atomic mass is 10.2. The van der Waals surface area contributed by atoms with Gasteiger partial charge in [0.05, 0.1) is 17.8 Å². The van der Waals surface area contributed by atoms with E-state index in [1.54, 1.807) is 7.11 Å². The number of urea groups is 1. The summed E-state index contributed by atoms with van der Waals surface area (Å²) in [6.45, 7) is 1.96. The monoisotopic (exact) mass is 262 g/mol. The van der Waals surface area contributed by atoms with Gasteiger partial charge >= 0.3 is 6.03 Å². The maximum Gasteiger partial charge on any atom is 0.324 e. The fourth-order valence-corrected chi connectivity index (χ4v) is 2.15. The van der Waals surface area contributed by atoms with Crippen molar-refractivity contribution in [1.82, 2.24) is 0 Å². The summed E-state index contributed by atoms with van der Waals surface area (Å²) in [5.74, 6) is 0.641. The van der Waals surface area contributed by atoms with Crippen molar-refractivity contribution in [2.24, 2.45) is 0 Å². The SMILES string of the molecule is COc1ccc(C)cc1NC(=O)Nc1cccs1. The lowest BCUT2D eigenvalue weighted by Crippen LogP contribution is -2.19. The van der Waals surface area contributed by atoms with Gasteiger partial charge < -0.3 is 10.1 Å². The molecule has 0 saturated heterocycles. The summed E-state index contributed by atoms with van der Waals surface area (Å²) < 4.78 is 5.20. The summed E-state index contributed by atoms with van der Waals surface area (Å²) in [5.41, 5.74) is 1.72. The molecule has 0 fully saturated rings. The third kappa shape index (κ3) is 3.01. The van der Waals surface area contributed by atoms with Crippen molar-refractivity contribution >= 4 is 28.1 Å². The zero-order valence-electron chi connectivity index (χ0n) is 10.2. The molecule has 0 saturated carbocycles. The summed E-state index contributed by atoms with van der Waals surface area (Å²) >= 11 is 1.47. The highest BCUT2D eigenvalue weighted by molar-refractivity contribution is 7.14. The minimum atomic E-state index is -0.277. The second-order valence-corrected chi connectivity index (χ2v) is 4.71. The number of rotatable bonds is 3. The molecule has 0 spiro atoms. The molecule has 0 radical (unpaired) electrons. The van der Waals surface area contributed by atoms with Gasteiger partial charge in [-0.15, -0.1) is 11.3 Å². The minimum Gasteiger partial charge on any atom is -0.495 e. The molecule has 0 unspecified atom stereocenters. The Labute approximate surface area is 110 Å². The molecule has 94 valence electrons. The summed E-state index contributed by atoms with van der Waals surface area (Å²) in [4.78, 5) is 11.8. The maximum absolute atomic E-state index is 11.8. The number of thiophene rings is 1. The van der Waals surface area contributed by atoms with Crippen LogP contribution in [0.4, 0.5) is 15.5 Å². The summed E-state index contributed by atoms with van der Waals surface area (Å²) in [7, 11) is 1.58. The molecule has 0 aliphatic heterocycles. The first-order valence-electron chi connectivity index (χ1n) is 5.45. The molecule has 0 atom stereocenters. The van der Waals surface area contributed by atoms with E-state index in [0.29, 0.717) is 11.4 Å². The lowest BCUT2D eigenvalue weighted by Gasteiger charge is -2.11. The van der Waals surface area contributed by atoms with Gasteiger partial charge in [0.2, 0.25) is 0 Å². The van der Waals surface area contributed by atoms with Crippen LogP contribution in [0.5, 0.6) is 5.75 Å². The van der Waals surface area contributed by atoms with Crippen LogP contribution in [0.1, 0.15) is 5.56 Å². The maximum atomic E-state index is 11.8. The number of ether oxygens (including phenoxy) is 1. The molecule has 2 N–H and O–H groups in total. The number of amides is 2. The van der Waals surface area contributed by atoms with Crippen molar-refractivity contribution in [3.05, 3.63) is 41.3 Å². The number of hydrogen-bond donors (Lipinski definition) is 2. The molecule has 1 heterocycles. The van der Waals surface area contributed by atoms with Gasteiger partial charge in [-0.1, -0.05) is 6.07 Å². The fourth-order valence-electron chi connectivity index (χ4n) is 1.53. The van der Waals surface area contributed by atoms with E-state index in [0.717, 1.165) is 10.6 Å². The number of carbonyl (C=O) groups excluding carboxylic acids is 1. The molecule has 5 heteroatoms. The summed E-state index contributed by atoms with van der Waals surface area (Å²) in [6, 6.07) is 9.08. The molecule has 2 amide bonds. The van der Waals surface area contributed by atoms with Crippen molar-refractivity contribution in [3.8, 4) is 5.75 Å². The van der Waals surface area contributed by atoms with E-state index < -0.39 is 0 Å². The minimum absolute atomic E-state index is 0.277. The Kier molecular flexibility index (Phi) is 3.84. The van der Waals surface area contributed by atoms with Gasteiger partial charge in [0.1, 0.15) is 5.75 Å². The van der Waals surface area contributed by atoms with Gasteiger partial charge in [-0.25, -0.2) is 4.79 Å². The van der Waals surface area contributed by atoms with Crippen LogP contribution in [0.3, 0.4) is 0 Å². The number of anilines is 2. The molecule has 0 bridgehead atoms. The van der Waals surface area contributed by atoms with Gasteiger partial charge in [0.25, 0.3) is 0 Å². The number of nitrogens with one attached hydrogen (secondary N) is 2. The van der Waals surface area contributed by atoms with Crippen LogP contribution in [-0.4, -0.2) is 13.1 Å². The number of methoxy groups -OCH3 is 1. The summed E-state index contributed by atoms with van der Waals surface area (Å²) in [5, 5.41) is 8.24. The lowest BCUT2D eigenvalue weighted by molar-refractivity contribution is 0.262. The average Bonchev–Trinajstić information content (AvgIpc) is 2.82. The number of carbonyl (C=O) groups is 1. The highest BCUT2D eigenvalue weighted by Crippen LogP contribution is 2.25. The topological polar surface area (TPSA) is 50.4 Å². The molecule has 0 aliphatic carbocycles. The van der Waals surface area contributed by atoms with Crippen LogP contribution in [0.25, 0.3) is 0 Å². The van der Waals surface area contributed by atoms with Crippen molar-refractivity contribution in [2.45, 2.75) is 6.92 Å². The third-order valence-electron chi connectivity index (χ3n) is 2.36. The Morgan fingerprint density at radius 1 is 1.28 bits per heavy atom. The molecule has 0 aliphatic rings. The number of hydrogen-bond acceptors (Lipinski definition) is 3. The van der Waals surface area contributed by atoms with Crippen LogP contribution in [0.2, 0.25) is 0 Å². The number of benzene rings is 1. The van der Waals surface area contributed by atoms with Gasteiger partial charge in [0.15, 0.2) is 0 Å². The molecule has 1 aromatic carbocycles. The van der Waals surface area contributed by atoms with Gasteiger partial charge in [-0.05, 0) is 42.1 Å². The first-order valence-corrected chi connectivity index (χ1v) is 6.33. The zero-order chi connectivity index (χ0) is 13.0. The Balaban J connectivity index is 2.08. The highest BCUT2D eigenvalue weighted by Gasteiger charge is 2.08. The molecule has 2 aromatic rings. The van der Waals surface area contributed by atoms with E-state index in [-0.39, 0.29) is 6.03 Å². The van der Waals surface area contributed by atoms with Gasteiger partial charge in [-0.2, -0.15) is 0 Å². The molecule has 4 nitrogen and oxygen atoms in total.